The molecule has 1 aliphatic rings. The second kappa shape index (κ2) is 8.10. The van der Waals surface area contributed by atoms with Gasteiger partial charge in [0.25, 0.3) is 0 Å². The van der Waals surface area contributed by atoms with Gasteiger partial charge in [-0.15, -0.1) is 0 Å². The van der Waals surface area contributed by atoms with Crippen LogP contribution in [0.25, 0.3) is 0 Å². The largest absolute Gasteiger partial charge is 0.484 e. The molecule has 0 saturated carbocycles. The third-order valence-corrected chi connectivity index (χ3v) is 4.63. The van der Waals surface area contributed by atoms with Crippen molar-refractivity contribution in [3.8, 4) is 17.2 Å². The molecule has 10 heteroatoms. The molecule has 2 aromatic carbocycles. The average molecular weight is 448 g/mol. The van der Waals surface area contributed by atoms with E-state index in [-0.39, 0.29) is 15.8 Å². The maximum absolute atomic E-state index is 12.7. The molecule has 1 aliphatic heterocycles. The monoisotopic (exact) mass is 447 g/mol. The van der Waals surface area contributed by atoms with Crippen LogP contribution in [0.2, 0.25) is 5.02 Å². The molecular formula is C18H13ClF3NO3S2. The lowest BCUT2D eigenvalue weighted by atomic mass is 10.2. The molecule has 1 N–H and O–H groups in total. The van der Waals surface area contributed by atoms with E-state index < -0.39 is 17.8 Å². The Balaban J connectivity index is 1.82. The number of nitrogens with one attached hydrogen (secondary N) is 1. The summed E-state index contributed by atoms with van der Waals surface area (Å²) in [7, 11) is 0. The Kier molecular flexibility index (Phi) is 5.97. The SMILES string of the molecule is CCOC(=S)C1Oc2cc(Oc3ccc(C(F)(F)F)cc3Cl)ccc2NC1=S. The summed E-state index contributed by atoms with van der Waals surface area (Å²) in [6.45, 7) is 2.17. The lowest BCUT2D eigenvalue weighted by Crippen LogP contribution is -2.42. The molecule has 4 nitrogen and oxygen atoms in total. The van der Waals surface area contributed by atoms with E-state index >= 15 is 0 Å². The van der Waals surface area contributed by atoms with Gasteiger partial charge >= 0.3 is 6.18 Å². The van der Waals surface area contributed by atoms with Crippen molar-refractivity contribution in [2.45, 2.75) is 19.2 Å². The fourth-order valence-corrected chi connectivity index (χ4v) is 3.25. The first-order chi connectivity index (χ1) is 13.2. The molecule has 0 bridgehead atoms. The summed E-state index contributed by atoms with van der Waals surface area (Å²) in [5.41, 5.74) is -0.255. The highest BCUT2D eigenvalue weighted by Gasteiger charge is 2.31. The lowest BCUT2D eigenvalue weighted by molar-refractivity contribution is -0.137. The highest BCUT2D eigenvalue weighted by atomic mass is 35.5. The third-order valence-electron chi connectivity index (χ3n) is 3.68. The molecule has 28 heavy (non-hydrogen) atoms. The second-order valence-electron chi connectivity index (χ2n) is 5.64. The number of rotatable bonds is 4. The summed E-state index contributed by atoms with van der Waals surface area (Å²) in [6, 6.07) is 7.68. The molecule has 0 amide bonds. The minimum Gasteiger partial charge on any atom is -0.484 e. The fraction of sp³-hybridized carbons (Fsp3) is 0.222. The predicted octanol–water partition coefficient (Wildman–Crippen LogP) is 6.02. The van der Waals surface area contributed by atoms with Crippen LogP contribution in [-0.2, 0) is 10.9 Å². The van der Waals surface area contributed by atoms with Crippen LogP contribution in [-0.4, -0.2) is 22.7 Å². The molecule has 0 radical (unpaired) electrons. The minimum absolute atomic E-state index is 0.0790. The van der Waals surface area contributed by atoms with E-state index in [4.69, 9.17) is 50.2 Å². The smallest absolute Gasteiger partial charge is 0.416 e. The maximum atomic E-state index is 12.7. The highest BCUT2D eigenvalue weighted by molar-refractivity contribution is 7.82. The van der Waals surface area contributed by atoms with Crippen molar-refractivity contribution in [2.24, 2.45) is 0 Å². The molecule has 3 rings (SSSR count). The number of hydrogen-bond donors (Lipinski definition) is 1. The number of halogens is 4. The first-order valence-corrected chi connectivity index (χ1v) is 9.21. The van der Waals surface area contributed by atoms with Crippen LogP contribution in [0.15, 0.2) is 36.4 Å². The van der Waals surface area contributed by atoms with Gasteiger partial charge in [0, 0.05) is 6.07 Å². The van der Waals surface area contributed by atoms with Crippen LogP contribution >= 0.6 is 36.0 Å². The molecule has 148 valence electrons. The molecule has 1 unspecified atom stereocenters. The number of fused-ring (bicyclic) bond motifs is 1. The number of anilines is 1. The van der Waals surface area contributed by atoms with Gasteiger partial charge in [0.2, 0.25) is 11.2 Å². The predicted molar refractivity (Wildman–Crippen MR) is 108 cm³/mol. The number of alkyl halides is 3. The van der Waals surface area contributed by atoms with E-state index in [9.17, 15) is 13.2 Å². The Morgan fingerprint density at radius 2 is 2.00 bits per heavy atom. The molecule has 0 aliphatic carbocycles. The molecule has 1 heterocycles. The highest BCUT2D eigenvalue weighted by Crippen LogP contribution is 2.39. The van der Waals surface area contributed by atoms with E-state index in [0.717, 1.165) is 18.2 Å². The summed E-state index contributed by atoms with van der Waals surface area (Å²) in [5, 5.41) is 3.04. The van der Waals surface area contributed by atoms with Gasteiger partial charge in [-0.2, -0.15) is 13.2 Å². The quantitative estimate of drug-likeness (QED) is 0.578. The topological polar surface area (TPSA) is 39.7 Å². The van der Waals surface area contributed by atoms with Gasteiger partial charge in [0.1, 0.15) is 22.2 Å². The Bertz CT molecular complexity index is 937. The summed E-state index contributed by atoms with van der Waals surface area (Å²) >= 11 is 16.3. The Labute approximate surface area is 174 Å². The standard InChI is InChI=1S/C18H13ClF3NO3S2/c1-2-24-17(28)15-16(27)23-12-5-4-10(8-14(12)26-15)25-13-6-3-9(7-11(13)19)18(20,21)22/h3-8,15H,2H2,1H3,(H,23,27). The first-order valence-electron chi connectivity index (χ1n) is 8.02. The zero-order valence-corrected chi connectivity index (χ0v) is 16.7. The van der Waals surface area contributed by atoms with E-state index in [0.29, 0.717) is 28.8 Å². The van der Waals surface area contributed by atoms with Crippen molar-refractivity contribution >= 4 is 51.8 Å². The van der Waals surface area contributed by atoms with E-state index in [2.05, 4.69) is 5.32 Å². The Hall–Kier alpha value is -2.10. The van der Waals surface area contributed by atoms with Gasteiger partial charge in [-0.3, -0.25) is 0 Å². The second-order valence-corrected chi connectivity index (χ2v) is 6.89. The van der Waals surface area contributed by atoms with Crippen molar-refractivity contribution in [2.75, 3.05) is 11.9 Å². The van der Waals surface area contributed by atoms with Gasteiger partial charge in [-0.25, -0.2) is 0 Å². The minimum atomic E-state index is -4.49. The third kappa shape index (κ3) is 4.48. The van der Waals surface area contributed by atoms with Crippen LogP contribution in [0.4, 0.5) is 18.9 Å². The van der Waals surface area contributed by atoms with E-state index in [1.54, 1.807) is 25.1 Å². The number of benzene rings is 2. The normalized spacial score (nSPS) is 15.9. The van der Waals surface area contributed by atoms with Crippen molar-refractivity contribution in [3.05, 3.63) is 47.0 Å². The van der Waals surface area contributed by atoms with Crippen molar-refractivity contribution in [1.82, 2.24) is 0 Å². The van der Waals surface area contributed by atoms with Gasteiger partial charge < -0.3 is 19.5 Å². The molecule has 0 aromatic heterocycles. The Morgan fingerprint density at radius 3 is 2.64 bits per heavy atom. The number of hydrogen-bond acceptors (Lipinski definition) is 5. The van der Waals surface area contributed by atoms with Crippen molar-refractivity contribution < 1.29 is 27.4 Å². The summed E-state index contributed by atoms with van der Waals surface area (Å²) in [6.07, 6.45) is -5.22. The van der Waals surface area contributed by atoms with Gasteiger partial charge in [0.05, 0.1) is 22.9 Å². The molecule has 0 fully saturated rings. The summed E-state index contributed by atoms with van der Waals surface area (Å²) in [5.74, 6) is 0.799. The molecule has 0 spiro atoms. The number of thiocarbonyl (C=S) groups is 2. The molecule has 0 saturated heterocycles. The zero-order chi connectivity index (χ0) is 20.5. The van der Waals surface area contributed by atoms with Gasteiger partial charge in [-0.05, 0) is 49.5 Å². The lowest BCUT2D eigenvalue weighted by Gasteiger charge is -2.28. The first kappa shape index (κ1) is 20.6. The van der Waals surface area contributed by atoms with Crippen molar-refractivity contribution in [3.63, 3.8) is 0 Å². The number of ether oxygens (including phenoxy) is 3. The molecule has 1 atom stereocenters. The molecule has 2 aromatic rings. The van der Waals surface area contributed by atoms with Gasteiger partial charge in [-0.1, -0.05) is 23.8 Å². The van der Waals surface area contributed by atoms with Gasteiger partial charge in [0.15, 0.2) is 0 Å². The van der Waals surface area contributed by atoms with E-state index in [1.807, 2.05) is 0 Å². The van der Waals surface area contributed by atoms with Crippen LogP contribution in [0.3, 0.4) is 0 Å². The Morgan fingerprint density at radius 1 is 1.25 bits per heavy atom. The van der Waals surface area contributed by atoms with Crippen LogP contribution < -0.4 is 14.8 Å². The van der Waals surface area contributed by atoms with Crippen LogP contribution in [0.1, 0.15) is 12.5 Å². The average Bonchev–Trinajstić information content (AvgIpc) is 2.62. The summed E-state index contributed by atoms with van der Waals surface area (Å²) < 4.78 is 54.9. The maximum Gasteiger partial charge on any atom is 0.416 e. The van der Waals surface area contributed by atoms with E-state index in [1.165, 1.54) is 0 Å². The molecular weight excluding hydrogens is 435 g/mol. The van der Waals surface area contributed by atoms with Crippen molar-refractivity contribution in [1.29, 1.82) is 0 Å². The summed E-state index contributed by atoms with van der Waals surface area (Å²) in [4.78, 5) is 0.366. The zero-order valence-electron chi connectivity index (χ0n) is 14.3. The fourth-order valence-electron chi connectivity index (χ4n) is 2.41. The van der Waals surface area contributed by atoms with Crippen LogP contribution in [0, 0.1) is 0 Å². The van der Waals surface area contributed by atoms with Crippen LogP contribution in [0.5, 0.6) is 17.2 Å².